The van der Waals surface area contributed by atoms with Crippen LogP contribution in [0.1, 0.15) is 46.0 Å². The van der Waals surface area contributed by atoms with Gasteiger partial charge in [-0.15, -0.1) is 0 Å². The molecule has 1 atom stereocenters. The number of ether oxygens (including phenoxy) is 1. The van der Waals surface area contributed by atoms with Gasteiger partial charge in [0.15, 0.2) is 6.10 Å². The first kappa shape index (κ1) is 16.2. The predicted octanol–water partition coefficient (Wildman–Crippen LogP) is 4.19. The molecule has 1 aromatic carbocycles. The predicted molar refractivity (Wildman–Crippen MR) is 85.7 cm³/mol. The average molecular weight is 310 g/mol. The van der Waals surface area contributed by atoms with E-state index >= 15 is 0 Å². The molecule has 0 saturated heterocycles. The fourth-order valence-electron chi connectivity index (χ4n) is 2.82. The Bertz CT molecular complexity index is 470. The summed E-state index contributed by atoms with van der Waals surface area (Å²) >= 11 is 6.04. The Morgan fingerprint density at radius 1 is 1.33 bits per heavy atom. The summed E-state index contributed by atoms with van der Waals surface area (Å²) in [6.45, 7) is 4.00. The molecule has 0 bridgehead atoms. The molecule has 0 aromatic heterocycles. The zero-order valence-electron chi connectivity index (χ0n) is 12.8. The quantitative estimate of drug-likeness (QED) is 0.885. The van der Waals surface area contributed by atoms with Gasteiger partial charge in [-0.2, -0.15) is 0 Å². The summed E-state index contributed by atoms with van der Waals surface area (Å²) in [6.07, 6.45) is 5.27. The van der Waals surface area contributed by atoms with E-state index in [-0.39, 0.29) is 11.9 Å². The molecule has 21 heavy (non-hydrogen) atoms. The monoisotopic (exact) mass is 309 g/mol. The van der Waals surface area contributed by atoms with Crippen molar-refractivity contribution in [3.05, 3.63) is 29.3 Å². The molecule has 0 radical (unpaired) electrons. The van der Waals surface area contributed by atoms with E-state index in [0.29, 0.717) is 10.8 Å². The maximum Gasteiger partial charge on any atom is 0.260 e. The van der Waals surface area contributed by atoms with E-state index in [2.05, 4.69) is 12.2 Å². The van der Waals surface area contributed by atoms with Crippen molar-refractivity contribution < 1.29 is 9.53 Å². The minimum absolute atomic E-state index is 0.0603. The number of hydrogen-bond donors (Lipinski definition) is 1. The van der Waals surface area contributed by atoms with Crippen molar-refractivity contribution in [2.75, 3.05) is 0 Å². The number of benzene rings is 1. The van der Waals surface area contributed by atoms with Gasteiger partial charge in [0.05, 0.1) is 5.02 Å². The Balaban J connectivity index is 1.82. The van der Waals surface area contributed by atoms with Crippen LogP contribution in [0.25, 0.3) is 0 Å². The molecule has 1 aromatic rings. The lowest BCUT2D eigenvalue weighted by molar-refractivity contribution is -0.128. The van der Waals surface area contributed by atoms with Gasteiger partial charge in [-0.1, -0.05) is 37.1 Å². The van der Waals surface area contributed by atoms with Gasteiger partial charge in [0.1, 0.15) is 5.75 Å². The standard InChI is InChI=1S/C17H24ClNO2/c1-3-13-8-10-14(11-9-13)19-17(20)12(2)21-16-7-5-4-6-15(16)18/h4-7,12-14H,3,8-11H2,1-2H3,(H,19,20). The first-order valence-corrected chi connectivity index (χ1v) is 8.19. The maximum absolute atomic E-state index is 12.2. The second-order valence-electron chi connectivity index (χ2n) is 5.82. The summed E-state index contributed by atoms with van der Waals surface area (Å²) in [4.78, 5) is 12.2. The van der Waals surface area contributed by atoms with Crippen LogP contribution in [-0.4, -0.2) is 18.1 Å². The first-order chi connectivity index (χ1) is 10.1. The van der Waals surface area contributed by atoms with Crippen molar-refractivity contribution in [2.45, 2.75) is 58.1 Å². The molecular weight excluding hydrogens is 286 g/mol. The van der Waals surface area contributed by atoms with E-state index in [9.17, 15) is 4.79 Å². The lowest BCUT2D eigenvalue weighted by atomic mass is 9.84. The Hall–Kier alpha value is -1.22. The van der Waals surface area contributed by atoms with Gasteiger partial charge in [0, 0.05) is 6.04 Å². The van der Waals surface area contributed by atoms with Crippen molar-refractivity contribution in [2.24, 2.45) is 5.92 Å². The van der Waals surface area contributed by atoms with Crippen molar-refractivity contribution in [3.8, 4) is 5.75 Å². The molecule has 1 aliphatic rings. The van der Waals surface area contributed by atoms with Crippen molar-refractivity contribution in [1.82, 2.24) is 5.32 Å². The zero-order valence-corrected chi connectivity index (χ0v) is 13.5. The number of carbonyl (C=O) groups excluding carboxylic acids is 1. The van der Waals surface area contributed by atoms with Gasteiger partial charge >= 0.3 is 0 Å². The third kappa shape index (κ3) is 4.63. The smallest absolute Gasteiger partial charge is 0.260 e. The number of halogens is 1. The van der Waals surface area contributed by atoms with Crippen LogP contribution in [0.2, 0.25) is 5.02 Å². The zero-order chi connectivity index (χ0) is 15.2. The van der Waals surface area contributed by atoms with Gasteiger partial charge in [-0.25, -0.2) is 0 Å². The highest BCUT2D eigenvalue weighted by Gasteiger charge is 2.24. The van der Waals surface area contributed by atoms with E-state index in [4.69, 9.17) is 16.3 Å². The van der Waals surface area contributed by atoms with Crippen LogP contribution in [0.3, 0.4) is 0 Å². The van der Waals surface area contributed by atoms with Crippen LogP contribution in [-0.2, 0) is 4.79 Å². The molecule has 0 heterocycles. The number of hydrogen-bond acceptors (Lipinski definition) is 2. The van der Waals surface area contributed by atoms with E-state index < -0.39 is 6.10 Å². The Kier molecular flexibility index (Phi) is 5.92. The highest BCUT2D eigenvalue weighted by molar-refractivity contribution is 6.32. The van der Waals surface area contributed by atoms with Crippen LogP contribution in [0, 0.1) is 5.92 Å². The second-order valence-corrected chi connectivity index (χ2v) is 6.23. The number of para-hydroxylation sites is 1. The third-order valence-electron chi connectivity index (χ3n) is 4.28. The van der Waals surface area contributed by atoms with E-state index in [1.165, 1.54) is 19.3 Å². The lowest BCUT2D eigenvalue weighted by Gasteiger charge is -2.29. The van der Waals surface area contributed by atoms with Crippen molar-refractivity contribution in [3.63, 3.8) is 0 Å². The summed E-state index contributed by atoms with van der Waals surface area (Å²) in [7, 11) is 0. The SMILES string of the molecule is CCC1CCC(NC(=O)C(C)Oc2ccccc2Cl)CC1. The Morgan fingerprint density at radius 3 is 2.62 bits per heavy atom. The number of rotatable bonds is 5. The third-order valence-corrected chi connectivity index (χ3v) is 4.59. The molecule has 116 valence electrons. The molecule has 0 spiro atoms. The van der Waals surface area contributed by atoms with Crippen molar-refractivity contribution in [1.29, 1.82) is 0 Å². The van der Waals surface area contributed by atoms with Crippen LogP contribution < -0.4 is 10.1 Å². The minimum Gasteiger partial charge on any atom is -0.479 e. The summed E-state index contributed by atoms with van der Waals surface area (Å²) in [5.74, 6) is 1.32. The van der Waals surface area contributed by atoms with Crippen LogP contribution in [0.5, 0.6) is 5.75 Å². The maximum atomic E-state index is 12.2. The summed E-state index contributed by atoms with van der Waals surface area (Å²) in [5, 5.41) is 3.62. The largest absolute Gasteiger partial charge is 0.479 e. The number of amides is 1. The Labute approximate surface area is 132 Å². The molecular formula is C17H24ClNO2. The van der Waals surface area contributed by atoms with Gasteiger partial charge in [-0.3, -0.25) is 4.79 Å². The fraction of sp³-hybridized carbons (Fsp3) is 0.588. The van der Waals surface area contributed by atoms with Gasteiger partial charge in [0.25, 0.3) is 5.91 Å². The van der Waals surface area contributed by atoms with E-state index in [1.807, 2.05) is 12.1 Å². The second kappa shape index (κ2) is 7.69. The Morgan fingerprint density at radius 2 is 2.00 bits per heavy atom. The van der Waals surface area contributed by atoms with Gasteiger partial charge in [0.2, 0.25) is 0 Å². The van der Waals surface area contributed by atoms with E-state index in [1.54, 1.807) is 19.1 Å². The lowest BCUT2D eigenvalue weighted by Crippen LogP contribution is -2.44. The average Bonchev–Trinajstić information content (AvgIpc) is 2.50. The molecule has 3 nitrogen and oxygen atoms in total. The highest BCUT2D eigenvalue weighted by atomic mass is 35.5. The number of nitrogens with one attached hydrogen (secondary N) is 1. The molecule has 1 aliphatic carbocycles. The molecule has 0 aliphatic heterocycles. The molecule has 1 fully saturated rings. The van der Waals surface area contributed by atoms with Gasteiger partial charge in [-0.05, 0) is 50.7 Å². The summed E-state index contributed by atoms with van der Waals surface area (Å²) in [5.41, 5.74) is 0. The van der Waals surface area contributed by atoms with Crippen LogP contribution in [0.4, 0.5) is 0 Å². The van der Waals surface area contributed by atoms with Crippen molar-refractivity contribution >= 4 is 17.5 Å². The van der Waals surface area contributed by atoms with Gasteiger partial charge < -0.3 is 10.1 Å². The molecule has 2 rings (SSSR count). The molecule has 1 unspecified atom stereocenters. The normalized spacial score (nSPS) is 23.4. The molecule has 1 saturated carbocycles. The molecule has 4 heteroatoms. The number of carbonyl (C=O) groups is 1. The molecule has 1 N–H and O–H groups in total. The minimum atomic E-state index is -0.534. The fourth-order valence-corrected chi connectivity index (χ4v) is 3.00. The van der Waals surface area contributed by atoms with Crippen LogP contribution >= 0.6 is 11.6 Å². The molecule has 1 amide bonds. The van der Waals surface area contributed by atoms with E-state index in [0.717, 1.165) is 18.8 Å². The topological polar surface area (TPSA) is 38.3 Å². The summed E-state index contributed by atoms with van der Waals surface area (Å²) < 4.78 is 5.65. The highest BCUT2D eigenvalue weighted by Crippen LogP contribution is 2.27. The van der Waals surface area contributed by atoms with Crippen LogP contribution in [0.15, 0.2) is 24.3 Å². The first-order valence-electron chi connectivity index (χ1n) is 7.81. The summed E-state index contributed by atoms with van der Waals surface area (Å²) in [6, 6.07) is 7.51.